The predicted molar refractivity (Wildman–Crippen MR) is 72.3 cm³/mol. The van der Waals surface area contributed by atoms with Crippen LogP contribution in [-0.4, -0.2) is 9.97 Å². The van der Waals surface area contributed by atoms with Gasteiger partial charge in [-0.2, -0.15) is 0 Å². The Balaban J connectivity index is 1.85. The zero-order valence-electron chi connectivity index (χ0n) is 10.4. The molecule has 0 saturated carbocycles. The first-order valence-corrected chi connectivity index (χ1v) is 6.17. The molecule has 4 heteroatoms. The highest BCUT2D eigenvalue weighted by molar-refractivity contribution is 5.50. The highest BCUT2D eigenvalue weighted by Crippen LogP contribution is 2.34. The zero-order valence-corrected chi connectivity index (χ0v) is 10.4. The van der Waals surface area contributed by atoms with Crippen LogP contribution < -0.4 is 11.1 Å². The first-order chi connectivity index (χ1) is 8.72. The van der Waals surface area contributed by atoms with E-state index in [4.69, 9.17) is 5.73 Å². The summed E-state index contributed by atoms with van der Waals surface area (Å²) in [5.74, 6) is 1.67. The van der Waals surface area contributed by atoms with E-state index >= 15 is 0 Å². The van der Waals surface area contributed by atoms with Gasteiger partial charge in [-0.1, -0.05) is 6.07 Å². The maximum Gasteiger partial charge on any atom is 0.130 e. The lowest BCUT2D eigenvalue weighted by Crippen LogP contribution is -2.09. The molecule has 0 fully saturated rings. The molecule has 1 aliphatic carbocycles. The second-order valence-electron chi connectivity index (χ2n) is 4.68. The fourth-order valence-electron chi connectivity index (χ4n) is 2.50. The summed E-state index contributed by atoms with van der Waals surface area (Å²) in [6.45, 7) is 1.90. The summed E-state index contributed by atoms with van der Waals surface area (Å²) in [4.78, 5) is 8.48. The van der Waals surface area contributed by atoms with E-state index in [0.717, 1.165) is 30.2 Å². The fourth-order valence-corrected chi connectivity index (χ4v) is 2.50. The smallest absolute Gasteiger partial charge is 0.130 e. The molecule has 0 radical (unpaired) electrons. The van der Waals surface area contributed by atoms with Crippen molar-refractivity contribution in [3.63, 3.8) is 0 Å². The Morgan fingerprint density at radius 1 is 1.33 bits per heavy atom. The summed E-state index contributed by atoms with van der Waals surface area (Å²) in [5, 5.41) is 3.47. The summed E-state index contributed by atoms with van der Waals surface area (Å²) >= 11 is 0. The van der Waals surface area contributed by atoms with Crippen molar-refractivity contribution in [3.05, 3.63) is 47.4 Å². The maximum atomic E-state index is 5.81. The number of fused-ring (bicyclic) bond motifs is 1. The number of aromatic nitrogens is 2. The lowest BCUT2D eigenvalue weighted by Gasteiger charge is -2.15. The van der Waals surface area contributed by atoms with Crippen LogP contribution >= 0.6 is 0 Å². The predicted octanol–water partition coefficient (Wildman–Crippen LogP) is 2.47. The van der Waals surface area contributed by atoms with E-state index in [1.165, 1.54) is 11.1 Å². The van der Waals surface area contributed by atoms with Crippen molar-refractivity contribution in [2.24, 2.45) is 0 Å². The molecule has 1 unspecified atom stereocenters. The number of benzene rings is 1. The number of hydrogen-bond acceptors (Lipinski definition) is 4. The van der Waals surface area contributed by atoms with Crippen LogP contribution in [0.15, 0.2) is 30.5 Å². The molecule has 1 aliphatic rings. The minimum atomic E-state index is 0.329. The van der Waals surface area contributed by atoms with Gasteiger partial charge >= 0.3 is 0 Å². The molecule has 0 spiro atoms. The molecule has 0 bridgehead atoms. The number of hydrogen-bond donors (Lipinski definition) is 2. The minimum absolute atomic E-state index is 0.329. The average Bonchev–Trinajstić information content (AvgIpc) is 2.72. The highest BCUT2D eigenvalue weighted by atomic mass is 15.0. The molecule has 0 saturated heterocycles. The quantitative estimate of drug-likeness (QED) is 0.791. The number of anilines is 2. The largest absolute Gasteiger partial charge is 0.399 e. The van der Waals surface area contributed by atoms with Crippen LogP contribution in [0.4, 0.5) is 11.5 Å². The van der Waals surface area contributed by atoms with E-state index in [-0.39, 0.29) is 0 Å². The Morgan fingerprint density at radius 3 is 3.06 bits per heavy atom. The second kappa shape index (κ2) is 4.29. The van der Waals surface area contributed by atoms with Crippen LogP contribution in [0.3, 0.4) is 0 Å². The van der Waals surface area contributed by atoms with Crippen molar-refractivity contribution in [2.45, 2.75) is 25.8 Å². The molecular weight excluding hydrogens is 224 g/mol. The third kappa shape index (κ3) is 2.01. The summed E-state index contributed by atoms with van der Waals surface area (Å²) in [7, 11) is 0. The first-order valence-electron chi connectivity index (χ1n) is 6.17. The molecule has 1 aromatic heterocycles. The summed E-state index contributed by atoms with van der Waals surface area (Å²) < 4.78 is 0. The summed E-state index contributed by atoms with van der Waals surface area (Å²) in [6.07, 6.45) is 3.94. The van der Waals surface area contributed by atoms with Gasteiger partial charge in [0.15, 0.2) is 0 Å². The van der Waals surface area contributed by atoms with Crippen molar-refractivity contribution >= 4 is 11.5 Å². The molecule has 4 nitrogen and oxygen atoms in total. The van der Waals surface area contributed by atoms with Crippen LogP contribution in [0.1, 0.15) is 29.4 Å². The van der Waals surface area contributed by atoms with E-state index in [2.05, 4.69) is 27.4 Å². The zero-order chi connectivity index (χ0) is 12.5. The first kappa shape index (κ1) is 11.0. The lowest BCUT2D eigenvalue weighted by atomic mass is 10.1. The number of nitrogens with two attached hydrogens (primary N) is 1. The Bertz CT molecular complexity index is 580. The SMILES string of the molecule is Cc1nccc(NC2CCc3cc(N)ccc32)n1. The van der Waals surface area contributed by atoms with Crippen molar-refractivity contribution in [3.8, 4) is 0 Å². The van der Waals surface area contributed by atoms with E-state index < -0.39 is 0 Å². The van der Waals surface area contributed by atoms with Crippen LogP contribution in [0, 0.1) is 6.92 Å². The molecule has 1 atom stereocenters. The molecule has 92 valence electrons. The Morgan fingerprint density at radius 2 is 2.22 bits per heavy atom. The third-order valence-corrected chi connectivity index (χ3v) is 3.34. The summed E-state index contributed by atoms with van der Waals surface area (Å²) in [6, 6.07) is 8.38. The van der Waals surface area contributed by atoms with Crippen LogP contribution in [0.25, 0.3) is 0 Å². The molecule has 18 heavy (non-hydrogen) atoms. The summed E-state index contributed by atoms with van der Waals surface area (Å²) in [5.41, 5.74) is 9.33. The number of rotatable bonds is 2. The van der Waals surface area contributed by atoms with Crippen LogP contribution in [0.2, 0.25) is 0 Å². The third-order valence-electron chi connectivity index (χ3n) is 3.34. The van der Waals surface area contributed by atoms with E-state index in [0.29, 0.717) is 6.04 Å². The molecule has 1 heterocycles. The second-order valence-corrected chi connectivity index (χ2v) is 4.68. The van der Waals surface area contributed by atoms with Crippen molar-refractivity contribution in [2.75, 3.05) is 11.1 Å². The molecule has 1 aromatic carbocycles. The van der Waals surface area contributed by atoms with Gasteiger partial charge in [0.25, 0.3) is 0 Å². The van der Waals surface area contributed by atoms with Crippen molar-refractivity contribution < 1.29 is 0 Å². The van der Waals surface area contributed by atoms with Crippen molar-refractivity contribution in [1.29, 1.82) is 0 Å². The monoisotopic (exact) mass is 240 g/mol. The van der Waals surface area contributed by atoms with Crippen LogP contribution in [-0.2, 0) is 6.42 Å². The van der Waals surface area contributed by atoms with Gasteiger partial charge in [-0.3, -0.25) is 0 Å². The van der Waals surface area contributed by atoms with E-state index in [1.54, 1.807) is 6.20 Å². The van der Waals surface area contributed by atoms with Gasteiger partial charge in [0.2, 0.25) is 0 Å². The van der Waals surface area contributed by atoms with Gasteiger partial charge in [-0.05, 0) is 49.1 Å². The van der Waals surface area contributed by atoms with Crippen molar-refractivity contribution in [1.82, 2.24) is 9.97 Å². The van der Waals surface area contributed by atoms with E-state index in [9.17, 15) is 0 Å². The van der Waals surface area contributed by atoms with E-state index in [1.807, 2.05) is 19.1 Å². The lowest BCUT2D eigenvalue weighted by molar-refractivity contribution is 0.755. The van der Waals surface area contributed by atoms with Crippen LogP contribution in [0.5, 0.6) is 0 Å². The van der Waals surface area contributed by atoms with Gasteiger partial charge in [-0.15, -0.1) is 0 Å². The molecule has 3 rings (SSSR count). The molecule has 3 N–H and O–H groups in total. The maximum absolute atomic E-state index is 5.81. The number of nitrogens with zero attached hydrogens (tertiary/aromatic N) is 2. The topological polar surface area (TPSA) is 63.8 Å². The van der Waals surface area contributed by atoms with Gasteiger partial charge < -0.3 is 11.1 Å². The number of nitrogen functional groups attached to an aromatic ring is 1. The minimum Gasteiger partial charge on any atom is -0.399 e. The number of aryl methyl sites for hydroxylation is 2. The fraction of sp³-hybridized carbons (Fsp3) is 0.286. The van der Waals surface area contributed by atoms with Gasteiger partial charge in [0.1, 0.15) is 11.6 Å². The molecular formula is C14H16N4. The Kier molecular flexibility index (Phi) is 2.63. The number of nitrogens with one attached hydrogen (secondary N) is 1. The average molecular weight is 240 g/mol. The molecule has 0 amide bonds. The van der Waals surface area contributed by atoms with Gasteiger partial charge in [-0.25, -0.2) is 9.97 Å². The van der Waals surface area contributed by atoms with Gasteiger partial charge in [0.05, 0.1) is 6.04 Å². The molecule has 2 aromatic rings. The molecule has 0 aliphatic heterocycles. The Labute approximate surface area is 106 Å². The van der Waals surface area contributed by atoms with Gasteiger partial charge in [0, 0.05) is 11.9 Å². The Hall–Kier alpha value is -2.10. The standard InChI is InChI=1S/C14H16N4/c1-9-16-7-6-14(17-9)18-13-5-2-10-8-11(15)3-4-12(10)13/h3-4,6-8,13H,2,5,15H2,1H3,(H,16,17,18). The normalized spacial score (nSPS) is 17.5. The highest BCUT2D eigenvalue weighted by Gasteiger charge is 2.22.